The minimum Gasteiger partial charge on any atom is -0.497 e. The van der Waals surface area contributed by atoms with Crippen LogP contribution in [-0.2, 0) is 6.54 Å². The van der Waals surface area contributed by atoms with Gasteiger partial charge in [-0.05, 0) is 30.7 Å². The molecule has 1 aromatic rings. The van der Waals surface area contributed by atoms with Crippen LogP contribution in [0.3, 0.4) is 0 Å². The molecule has 1 fully saturated rings. The van der Waals surface area contributed by atoms with Gasteiger partial charge in [-0.2, -0.15) is 0 Å². The average Bonchev–Trinajstić information content (AvgIpc) is 2.47. The van der Waals surface area contributed by atoms with E-state index in [0.717, 1.165) is 36.6 Å². The number of piperidine rings is 1. The van der Waals surface area contributed by atoms with Crippen molar-refractivity contribution in [3.63, 3.8) is 0 Å². The molecule has 0 saturated carbocycles. The van der Waals surface area contributed by atoms with Crippen LogP contribution < -0.4 is 9.47 Å². The molecule has 1 heterocycles. The maximum Gasteiger partial charge on any atom is 0.122 e. The van der Waals surface area contributed by atoms with Gasteiger partial charge in [0.2, 0.25) is 0 Å². The predicted molar refractivity (Wildman–Crippen MR) is 76.0 cm³/mol. The summed E-state index contributed by atoms with van der Waals surface area (Å²) < 4.78 is 10.5. The molecular weight excluding hydrogens is 258 g/mol. The molecular formula is C15H23NO4. The van der Waals surface area contributed by atoms with Gasteiger partial charge in [0, 0.05) is 31.7 Å². The Morgan fingerprint density at radius 2 is 1.85 bits per heavy atom. The van der Waals surface area contributed by atoms with E-state index in [2.05, 4.69) is 4.90 Å². The third kappa shape index (κ3) is 3.62. The molecule has 2 rings (SSSR count). The normalized spacial score (nSPS) is 23.6. The van der Waals surface area contributed by atoms with Gasteiger partial charge < -0.3 is 19.7 Å². The number of aliphatic hydroxyl groups is 2. The summed E-state index contributed by atoms with van der Waals surface area (Å²) in [5.74, 6) is 1.54. The minimum absolute atomic E-state index is 0.00564. The number of nitrogens with zero attached hydrogens (tertiary/aromatic N) is 1. The Bertz CT molecular complexity index is 416. The molecule has 0 aromatic heterocycles. The number of hydrogen-bond acceptors (Lipinski definition) is 5. The summed E-state index contributed by atoms with van der Waals surface area (Å²) in [6, 6.07) is 5.80. The lowest BCUT2D eigenvalue weighted by atomic mass is 9.94. The molecule has 1 aliphatic heterocycles. The van der Waals surface area contributed by atoms with Crippen LogP contribution in [0.15, 0.2) is 18.2 Å². The molecule has 0 radical (unpaired) electrons. The van der Waals surface area contributed by atoms with Gasteiger partial charge in [-0.15, -0.1) is 0 Å². The molecule has 2 N–H and O–H groups in total. The van der Waals surface area contributed by atoms with Crippen LogP contribution in [0.2, 0.25) is 0 Å². The highest BCUT2D eigenvalue weighted by Gasteiger charge is 2.27. The predicted octanol–water partition coefficient (Wildman–Crippen LogP) is 0.879. The second kappa shape index (κ2) is 6.92. The standard InChI is InChI=1S/C15H23NO4/c1-19-13-5-11(6-14(7-13)20-2)8-16-4-3-12(10-17)15(18)9-16/h5-7,12,15,17-18H,3-4,8-10H2,1-2H3/t12-,15+/m1/s1. The molecule has 0 amide bonds. The Balaban J connectivity index is 2.03. The summed E-state index contributed by atoms with van der Waals surface area (Å²) in [6.07, 6.45) is 0.361. The van der Waals surface area contributed by atoms with E-state index in [-0.39, 0.29) is 12.5 Å². The molecule has 0 spiro atoms. The lowest BCUT2D eigenvalue weighted by molar-refractivity contribution is -0.00445. The second-order valence-electron chi connectivity index (χ2n) is 5.25. The van der Waals surface area contributed by atoms with Gasteiger partial charge in [-0.1, -0.05) is 0 Å². The van der Waals surface area contributed by atoms with Gasteiger partial charge in [0.05, 0.1) is 20.3 Å². The molecule has 1 aromatic carbocycles. The highest BCUT2D eigenvalue weighted by Crippen LogP contribution is 2.25. The maximum atomic E-state index is 9.97. The van der Waals surface area contributed by atoms with Crippen LogP contribution in [0.25, 0.3) is 0 Å². The van der Waals surface area contributed by atoms with Crippen molar-refractivity contribution in [1.82, 2.24) is 4.90 Å². The first-order valence-corrected chi connectivity index (χ1v) is 6.89. The van der Waals surface area contributed by atoms with Crippen molar-refractivity contribution in [3.05, 3.63) is 23.8 Å². The molecule has 2 atom stereocenters. The molecule has 1 saturated heterocycles. The molecule has 0 unspecified atom stereocenters. The van der Waals surface area contributed by atoms with Gasteiger partial charge in [-0.25, -0.2) is 0 Å². The fourth-order valence-corrected chi connectivity index (χ4v) is 2.62. The number of benzene rings is 1. The van der Waals surface area contributed by atoms with Crippen LogP contribution in [0.1, 0.15) is 12.0 Å². The van der Waals surface area contributed by atoms with Crippen molar-refractivity contribution < 1.29 is 19.7 Å². The SMILES string of the molecule is COc1cc(CN2CC[C@H](CO)[C@@H](O)C2)cc(OC)c1. The van der Waals surface area contributed by atoms with E-state index in [0.29, 0.717) is 6.54 Å². The smallest absolute Gasteiger partial charge is 0.122 e. The largest absolute Gasteiger partial charge is 0.497 e. The fraction of sp³-hybridized carbons (Fsp3) is 0.600. The number of hydrogen-bond donors (Lipinski definition) is 2. The minimum atomic E-state index is -0.457. The van der Waals surface area contributed by atoms with Crippen molar-refractivity contribution in [3.8, 4) is 11.5 Å². The van der Waals surface area contributed by atoms with Crippen LogP contribution in [-0.4, -0.2) is 55.1 Å². The van der Waals surface area contributed by atoms with E-state index in [1.165, 1.54) is 0 Å². The van der Waals surface area contributed by atoms with Crippen molar-refractivity contribution >= 4 is 0 Å². The average molecular weight is 281 g/mol. The first-order valence-electron chi connectivity index (χ1n) is 6.89. The molecule has 0 aliphatic carbocycles. The van der Waals surface area contributed by atoms with Crippen LogP contribution >= 0.6 is 0 Å². The van der Waals surface area contributed by atoms with Gasteiger partial charge in [0.15, 0.2) is 0 Å². The zero-order valence-corrected chi connectivity index (χ0v) is 12.1. The lowest BCUT2D eigenvalue weighted by Crippen LogP contribution is -2.44. The van der Waals surface area contributed by atoms with Gasteiger partial charge in [0.25, 0.3) is 0 Å². The zero-order chi connectivity index (χ0) is 14.5. The number of aliphatic hydroxyl groups excluding tert-OH is 2. The Hall–Kier alpha value is -1.30. The van der Waals surface area contributed by atoms with Crippen LogP contribution in [0, 0.1) is 5.92 Å². The van der Waals surface area contributed by atoms with Crippen LogP contribution in [0.4, 0.5) is 0 Å². The van der Waals surface area contributed by atoms with Crippen molar-refractivity contribution in [1.29, 1.82) is 0 Å². The highest BCUT2D eigenvalue weighted by molar-refractivity contribution is 5.38. The number of ether oxygens (including phenoxy) is 2. The van der Waals surface area contributed by atoms with E-state index in [1.54, 1.807) is 14.2 Å². The van der Waals surface area contributed by atoms with E-state index >= 15 is 0 Å². The monoisotopic (exact) mass is 281 g/mol. The first-order chi connectivity index (χ1) is 9.66. The summed E-state index contributed by atoms with van der Waals surface area (Å²) in [4.78, 5) is 2.19. The quantitative estimate of drug-likeness (QED) is 0.839. The van der Waals surface area contributed by atoms with Gasteiger partial charge in [-0.3, -0.25) is 4.90 Å². The first kappa shape index (κ1) is 15.1. The van der Waals surface area contributed by atoms with E-state index < -0.39 is 6.10 Å². The van der Waals surface area contributed by atoms with Crippen molar-refractivity contribution in [2.75, 3.05) is 33.9 Å². The summed E-state index contributed by atoms with van der Waals surface area (Å²) in [5.41, 5.74) is 1.09. The van der Waals surface area contributed by atoms with Crippen molar-refractivity contribution in [2.24, 2.45) is 5.92 Å². The summed E-state index contributed by atoms with van der Waals surface area (Å²) in [5, 5.41) is 19.1. The molecule has 1 aliphatic rings. The molecule has 5 heteroatoms. The number of rotatable bonds is 5. The number of likely N-dealkylation sites (tertiary alicyclic amines) is 1. The third-order valence-electron chi connectivity index (χ3n) is 3.86. The summed E-state index contributed by atoms with van der Waals surface area (Å²) in [7, 11) is 3.27. The van der Waals surface area contributed by atoms with E-state index in [4.69, 9.17) is 14.6 Å². The van der Waals surface area contributed by atoms with Crippen LogP contribution in [0.5, 0.6) is 11.5 Å². The lowest BCUT2D eigenvalue weighted by Gasteiger charge is -2.35. The fourth-order valence-electron chi connectivity index (χ4n) is 2.62. The Labute approximate surface area is 119 Å². The molecule has 0 bridgehead atoms. The van der Waals surface area contributed by atoms with E-state index in [9.17, 15) is 5.11 Å². The van der Waals surface area contributed by atoms with Gasteiger partial charge >= 0.3 is 0 Å². The Morgan fingerprint density at radius 1 is 1.20 bits per heavy atom. The topological polar surface area (TPSA) is 62.2 Å². The number of β-amino-alcohol motifs (C(OH)–C–C–N with tert-alkyl or cyclic N) is 1. The zero-order valence-electron chi connectivity index (χ0n) is 12.1. The molecule has 20 heavy (non-hydrogen) atoms. The second-order valence-corrected chi connectivity index (χ2v) is 5.25. The maximum absolute atomic E-state index is 9.97. The van der Waals surface area contributed by atoms with Crippen molar-refractivity contribution in [2.45, 2.75) is 19.1 Å². The molecule has 5 nitrogen and oxygen atoms in total. The Morgan fingerprint density at radius 3 is 2.35 bits per heavy atom. The van der Waals surface area contributed by atoms with E-state index in [1.807, 2.05) is 18.2 Å². The highest BCUT2D eigenvalue weighted by atomic mass is 16.5. The number of methoxy groups -OCH3 is 2. The summed E-state index contributed by atoms with van der Waals surface area (Å²) in [6.45, 7) is 2.26. The van der Waals surface area contributed by atoms with Gasteiger partial charge in [0.1, 0.15) is 11.5 Å². The third-order valence-corrected chi connectivity index (χ3v) is 3.86. The summed E-state index contributed by atoms with van der Waals surface area (Å²) >= 11 is 0. The Kier molecular flexibility index (Phi) is 5.23. The molecule has 112 valence electrons.